The van der Waals surface area contributed by atoms with Gasteiger partial charge in [0.15, 0.2) is 0 Å². The quantitative estimate of drug-likeness (QED) is 0.445. The summed E-state index contributed by atoms with van der Waals surface area (Å²) in [6.07, 6.45) is 0. The zero-order valence-electron chi connectivity index (χ0n) is 11.9. The van der Waals surface area contributed by atoms with Crippen molar-refractivity contribution in [2.24, 2.45) is 4.40 Å². The van der Waals surface area contributed by atoms with Gasteiger partial charge in [-0.05, 0) is 18.2 Å². The van der Waals surface area contributed by atoms with Gasteiger partial charge in [0.2, 0.25) is 5.96 Å². The Morgan fingerprint density at radius 3 is 2.67 bits per heavy atom. The fraction of sp³-hybridized carbons (Fsp3) is 0. The molecular formula is C14H12ClN3O5S. The molecule has 0 radical (unpaired) electrons. The number of nitrogens with zero attached hydrogens (tertiary/aromatic N) is 1. The Morgan fingerprint density at radius 1 is 1.25 bits per heavy atom. The van der Waals surface area contributed by atoms with Crippen LogP contribution in [0.15, 0.2) is 45.7 Å². The molecule has 2 aromatic carbocycles. The van der Waals surface area contributed by atoms with E-state index in [1.165, 1.54) is 24.3 Å². The highest BCUT2D eigenvalue weighted by molar-refractivity contribution is 8.23. The maximum atomic E-state index is 11.2. The molecule has 6 N–H and O–H groups in total. The van der Waals surface area contributed by atoms with Crippen LogP contribution in [0.3, 0.4) is 0 Å². The monoisotopic (exact) mass is 369 g/mol. The number of benzene rings is 2. The summed E-state index contributed by atoms with van der Waals surface area (Å²) >= 11 is 5.80. The molecule has 3 rings (SSSR count). The van der Waals surface area contributed by atoms with Gasteiger partial charge in [-0.25, -0.2) is 4.79 Å². The Morgan fingerprint density at radius 2 is 1.96 bits per heavy atom. The van der Waals surface area contributed by atoms with Crippen LogP contribution in [0.4, 0.5) is 11.4 Å². The first kappa shape index (κ1) is 16.4. The number of para-hydroxylation sites is 1. The molecule has 0 aromatic heterocycles. The molecule has 1 aliphatic heterocycles. The maximum absolute atomic E-state index is 11.2. The summed E-state index contributed by atoms with van der Waals surface area (Å²) in [6.45, 7) is 0. The van der Waals surface area contributed by atoms with Crippen molar-refractivity contribution in [3.8, 4) is 5.75 Å². The summed E-state index contributed by atoms with van der Waals surface area (Å²) in [6, 6.07) is 8.57. The van der Waals surface area contributed by atoms with Crippen LogP contribution in [-0.2, 0) is 0 Å². The Hall–Kier alpha value is -2.46. The Kier molecular flexibility index (Phi) is 4.01. The number of carboxylic acids is 1. The number of guanidine groups is 1. The van der Waals surface area contributed by atoms with Gasteiger partial charge in [0.05, 0.1) is 11.3 Å². The first-order valence-electron chi connectivity index (χ1n) is 6.55. The summed E-state index contributed by atoms with van der Waals surface area (Å²) in [5.41, 5.74) is 0.206. The van der Waals surface area contributed by atoms with E-state index in [4.69, 9.17) is 11.6 Å². The van der Waals surface area contributed by atoms with Crippen molar-refractivity contribution in [3.05, 3.63) is 47.0 Å². The number of anilines is 2. The molecule has 0 saturated carbocycles. The smallest absolute Gasteiger partial charge is 0.337 e. The second-order valence-corrected chi connectivity index (χ2v) is 6.95. The first-order chi connectivity index (χ1) is 11.3. The molecule has 0 spiro atoms. The number of phenols is 1. The third kappa shape index (κ3) is 2.97. The summed E-state index contributed by atoms with van der Waals surface area (Å²) in [5, 5.41) is 24.7. The topological polar surface area (TPSA) is 134 Å². The highest BCUT2D eigenvalue weighted by Crippen LogP contribution is 2.57. The molecule has 0 aliphatic carbocycles. The Bertz CT molecular complexity index is 871. The van der Waals surface area contributed by atoms with E-state index in [1.807, 2.05) is 0 Å². The summed E-state index contributed by atoms with van der Waals surface area (Å²) in [4.78, 5) is 11.2. The zero-order valence-corrected chi connectivity index (χ0v) is 13.5. The molecule has 126 valence electrons. The van der Waals surface area contributed by atoms with E-state index >= 15 is 0 Å². The Balaban J connectivity index is 2.01. The highest BCUT2D eigenvalue weighted by Gasteiger charge is 2.29. The molecule has 8 nitrogen and oxygen atoms in total. The minimum atomic E-state index is -3.62. The number of halogens is 1. The van der Waals surface area contributed by atoms with Crippen molar-refractivity contribution < 1.29 is 24.1 Å². The SMILES string of the molecule is O=C(O)c1ccccc1NC1=NS(O)(O)c2cc(Cl)cc(O)c2N1. The van der Waals surface area contributed by atoms with E-state index in [0.717, 1.165) is 0 Å². The number of hydrogen-bond donors (Lipinski definition) is 6. The van der Waals surface area contributed by atoms with Crippen LogP contribution >= 0.6 is 22.4 Å². The summed E-state index contributed by atoms with van der Waals surface area (Å²) < 4.78 is 24.1. The molecule has 0 fully saturated rings. The van der Waals surface area contributed by atoms with Gasteiger partial charge in [-0.3, -0.25) is 9.11 Å². The van der Waals surface area contributed by atoms with Crippen LogP contribution in [0.2, 0.25) is 5.02 Å². The zero-order chi connectivity index (χ0) is 17.5. The van der Waals surface area contributed by atoms with Crippen molar-refractivity contribution in [3.63, 3.8) is 0 Å². The van der Waals surface area contributed by atoms with Gasteiger partial charge >= 0.3 is 5.97 Å². The van der Waals surface area contributed by atoms with Crippen LogP contribution in [0, 0.1) is 0 Å². The number of phenolic OH excluding ortho intramolecular Hbond substituents is 1. The average Bonchev–Trinajstić information content (AvgIpc) is 2.48. The molecular weight excluding hydrogens is 358 g/mol. The molecule has 1 aliphatic rings. The highest BCUT2D eigenvalue weighted by atomic mass is 35.5. The number of aromatic carboxylic acids is 1. The summed E-state index contributed by atoms with van der Waals surface area (Å²) in [5.74, 6) is -1.57. The lowest BCUT2D eigenvalue weighted by atomic mass is 10.2. The standard InChI is InChI=1S/C14H12ClN3O5S/c15-7-5-10(19)12-11(6-7)24(22,23)18-14(17-12)16-9-4-2-1-3-8(9)13(20)21/h1-6,19,22-23H,(H,20,21)(H2,16,17,18). The number of fused-ring (bicyclic) bond motifs is 1. The normalized spacial score (nSPS) is 16.4. The second kappa shape index (κ2) is 5.87. The van der Waals surface area contributed by atoms with Gasteiger partial charge in [0.1, 0.15) is 16.3 Å². The summed E-state index contributed by atoms with van der Waals surface area (Å²) in [7, 11) is -3.62. The third-order valence-corrected chi connectivity index (χ3v) is 4.78. The number of carboxylic acid groups (broad SMARTS) is 1. The van der Waals surface area contributed by atoms with E-state index in [2.05, 4.69) is 15.0 Å². The van der Waals surface area contributed by atoms with E-state index in [0.29, 0.717) is 0 Å². The molecule has 0 atom stereocenters. The van der Waals surface area contributed by atoms with Crippen LogP contribution in [-0.4, -0.2) is 31.2 Å². The molecule has 0 bridgehead atoms. The van der Waals surface area contributed by atoms with Gasteiger partial charge in [-0.2, -0.15) is 0 Å². The number of carbonyl (C=O) groups is 1. The molecule has 0 unspecified atom stereocenters. The minimum absolute atomic E-state index is 0.0235. The van der Waals surface area contributed by atoms with E-state index in [9.17, 15) is 24.1 Å². The maximum Gasteiger partial charge on any atom is 0.337 e. The van der Waals surface area contributed by atoms with E-state index in [1.54, 1.807) is 12.1 Å². The van der Waals surface area contributed by atoms with Gasteiger partial charge < -0.3 is 20.8 Å². The fourth-order valence-electron chi connectivity index (χ4n) is 2.19. The van der Waals surface area contributed by atoms with E-state index < -0.39 is 16.7 Å². The molecule has 2 aromatic rings. The van der Waals surface area contributed by atoms with Crippen LogP contribution in [0.5, 0.6) is 5.75 Å². The molecule has 0 amide bonds. The van der Waals surface area contributed by atoms with E-state index in [-0.39, 0.29) is 38.6 Å². The predicted molar refractivity (Wildman–Crippen MR) is 92.3 cm³/mol. The van der Waals surface area contributed by atoms with Crippen molar-refractivity contribution in [1.29, 1.82) is 0 Å². The van der Waals surface area contributed by atoms with Crippen molar-refractivity contribution in [2.45, 2.75) is 4.90 Å². The number of nitrogens with one attached hydrogen (secondary N) is 2. The van der Waals surface area contributed by atoms with Gasteiger partial charge in [-0.15, -0.1) is 4.40 Å². The first-order valence-corrected chi connectivity index (χ1v) is 8.43. The predicted octanol–water partition coefficient (Wildman–Crippen LogP) is 3.66. The number of hydrogen-bond acceptors (Lipinski definition) is 7. The lowest BCUT2D eigenvalue weighted by Crippen LogP contribution is -2.27. The molecule has 1 heterocycles. The van der Waals surface area contributed by atoms with Gasteiger partial charge in [0, 0.05) is 11.1 Å². The van der Waals surface area contributed by atoms with Crippen molar-refractivity contribution in [2.75, 3.05) is 10.6 Å². The fourth-order valence-corrected chi connectivity index (χ4v) is 3.62. The van der Waals surface area contributed by atoms with Gasteiger partial charge in [0.25, 0.3) is 0 Å². The number of rotatable bonds is 2. The lowest BCUT2D eigenvalue weighted by molar-refractivity contribution is 0.0698. The van der Waals surface area contributed by atoms with Crippen LogP contribution in [0.1, 0.15) is 10.4 Å². The van der Waals surface area contributed by atoms with Crippen LogP contribution < -0.4 is 10.6 Å². The largest absolute Gasteiger partial charge is 0.506 e. The average molecular weight is 370 g/mol. The molecule has 10 heteroatoms. The molecule has 0 saturated heterocycles. The Labute approximate surface area is 142 Å². The van der Waals surface area contributed by atoms with Gasteiger partial charge in [-0.1, -0.05) is 34.5 Å². The molecule has 24 heavy (non-hydrogen) atoms. The minimum Gasteiger partial charge on any atom is -0.506 e. The van der Waals surface area contributed by atoms with Crippen molar-refractivity contribution in [1.82, 2.24) is 0 Å². The second-order valence-electron chi connectivity index (χ2n) is 4.86. The van der Waals surface area contributed by atoms with Crippen LogP contribution in [0.25, 0.3) is 0 Å². The lowest BCUT2D eigenvalue weighted by Gasteiger charge is -2.34. The van der Waals surface area contributed by atoms with Crippen molar-refractivity contribution >= 4 is 45.7 Å². The number of aromatic hydroxyl groups is 1. The third-order valence-electron chi connectivity index (χ3n) is 3.21.